The summed E-state index contributed by atoms with van der Waals surface area (Å²) >= 11 is 0. The van der Waals surface area contributed by atoms with Crippen molar-refractivity contribution in [2.75, 3.05) is 10.6 Å². The van der Waals surface area contributed by atoms with Crippen molar-refractivity contribution in [3.63, 3.8) is 0 Å². The first-order valence-corrected chi connectivity index (χ1v) is 9.02. The van der Waals surface area contributed by atoms with E-state index in [4.69, 9.17) is 0 Å². The highest BCUT2D eigenvalue weighted by atomic mass is 16.2. The van der Waals surface area contributed by atoms with Crippen LogP contribution in [0, 0.1) is 0 Å². The van der Waals surface area contributed by atoms with E-state index in [0.717, 1.165) is 18.5 Å². The van der Waals surface area contributed by atoms with Crippen molar-refractivity contribution >= 4 is 29.0 Å². The number of benzene rings is 1. The third-order valence-electron chi connectivity index (χ3n) is 4.42. The number of nitrogens with one attached hydrogen (secondary N) is 3. The van der Waals surface area contributed by atoms with Gasteiger partial charge in [-0.25, -0.2) is 4.98 Å². The topological polar surface area (TPSA) is 83.1 Å². The number of aromatic nitrogens is 1. The number of hydrogen-bond donors (Lipinski definition) is 3. The minimum absolute atomic E-state index is 0.0608. The summed E-state index contributed by atoms with van der Waals surface area (Å²) in [5, 5.41) is 9.03. The van der Waals surface area contributed by atoms with Crippen LogP contribution in [0.25, 0.3) is 0 Å². The first-order valence-electron chi connectivity index (χ1n) is 9.02. The normalized spacial score (nSPS) is 14.5. The highest BCUT2D eigenvalue weighted by molar-refractivity contribution is 5.95. The average Bonchev–Trinajstić information content (AvgIpc) is 2.62. The highest BCUT2D eigenvalue weighted by Crippen LogP contribution is 2.21. The molecule has 2 aromatic rings. The van der Waals surface area contributed by atoms with Crippen LogP contribution in [0.2, 0.25) is 0 Å². The minimum atomic E-state index is -0.123. The van der Waals surface area contributed by atoms with Gasteiger partial charge in [0.1, 0.15) is 5.82 Å². The molecule has 1 aliphatic carbocycles. The van der Waals surface area contributed by atoms with E-state index >= 15 is 0 Å². The number of pyridine rings is 1. The predicted molar refractivity (Wildman–Crippen MR) is 103 cm³/mol. The molecule has 0 spiro atoms. The molecule has 1 aromatic heterocycles. The standard InChI is InChI=1S/C20H24N4O2/c1-14(25)22-17-8-5-9-18(13-17)23-19-12-15(10-11-21-19)20(26)24-16-6-3-2-4-7-16/h5,8-13,16H,2-4,6-7H2,1H3,(H,21,23)(H,22,25)(H,24,26). The van der Waals surface area contributed by atoms with Crippen LogP contribution in [0.1, 0.15) is 49.4 Å². The zero-order valence-corrected chi connectivity index (χ0v) is 14.9. The van der Waals surface area contributed by atoms with Gasteiger partial charge in [-0.3, -0.25) is 9.59 Å². The molecule has 136 valence electrons. The number of rotatable bonds is 5. The SMILES string of the molecule is CC(=O)Nc1cccc(Nc2cc(C(=O)NC3CCCCC3)ccn2)c1. The molecule has 0 saturated heterocycles. The Balaban J connectivity index is 1.67. The van der Waals surface area contributed by atoms with Crippen LogP contribution in [0.5, 0.6) is 0 Å². The third-order valence-corrected chi connectivity index (χ3v) is 4.42. The van der Waals surface area contributed by atoms with E-state index < -0.39 is 0 Å². The van der Waals surface area contributed by atoms with Gasteiger partial charge in [0.05, 0.1) is 0 Å². The largest absolute Gasteiger partial charge is 0.349 e. The van der Waals surface area contributed by atoms with E-state index in [9.17, 15) is 9.59 Å². The summed E-state index contributed by atoms with van der Waals surface area (Å²) in [6, 6.07) is 11.1. The van der Waals surface area contributed by atoms with E-state index in [2.05, 4.69) is 20.9 Å². The van der Waals surface area contributed by atoms with Gasteiger partial charge in [0.25, 0.3) is 5.91 Å². The molecule has 0 aliphatic heterocycles. The summed E-state index contributed by atoms with van der Waals surface area (Å²) in [5.41, 5.74) is 2.08. The van der Waals surface area contributed by atoms with Crippen molar-refractivity contribution in [2.45, 2.75) is 45.1 Å². The summed E-state index contributed by atoms with van der Waals surface area (Å²) in [6.07, 6.45) is 7.34. The molecule has 3 N–H and O–H groups in total. The Bertz CT molecular complexity index is 785. The van der Waals surface area contributed by atoms with Gasteiger partial charge in [0.15, 0.2) is 0 Å². The van der Waals surface area contributed by atoms with E-state index in [1.807, 2.05) is 24.3 Å². The fourth-order valence-electron chi connectivity index (χ4n) is 3.18. The van der Waals surface area contributed by atoms with Crippen LogP contribution in [0.3, 0.4) is 0 Å². The smallest absolute Gasteiger partial charge is 0.251 e. The Labute approximate surface area is 153 Å². The Hall–Kier alpha value is -2.89. The van der Waals surface area contributed by atoms with E-state index in [1.54, 1.807) is 18.3 Å². The van der Waals surface area contributed by atoms with Crippen molar-refractivity contribution < 1.29 is 9.59 Å². The third kappa shape index (κ3) is 5.05. The van der Waals surface area contributed by atoms with Gasteiger partial charge in [-0.15, -0.1) is 0 Å². The quantitative estimate of drug-likeness (QED) is 0.763. The molecule has 26 heavy (non-hydrogen) atoms. The van der Waals surface area contributed by atoms with Crippen molar-refractivity contribution in [1.82, 2.24) is 10.3 Å². The second kappa shape index (κ2) is 8.47. The zero-order valence-electron chi connectivity index (χ0n) is 14.9. The molecule has 1 heterocycles. The van der Waals surface area contributed by atoms with Gasteiger partial charge in [0, 0.05) is 36.1 Å². The monoisotopic (exact) mass is 352 g/mol. The number of nitrogens with zero attached hydrogens (tertiary/aromatic N) is 1. The van der Waals surface area contributed by atoms with Crippen molar-refractivity contribution in [1.29, 1.82) is 0 Å². The summed E-state index contributed by atoms with van der Waals surface area (Å²) in [4.78, 5) is 27.9. The average molecular weight is 352 g/mol. The second-order valence-electron chi connectivity index (χ2n) is 6.63. The molecule has 1 aliphatic rings. The summed E-state index contributed by atoms with van der Waals surface area (Å²) in [5.74, 6) is 0.400. The molecule has 1 aromatic carbocycles. The van der Waals surface area contributed by atoms with Gasteiger partial charge in [-0.05, 0) is 43.2 Å². The molecule has 1 fully saturated rings. The maximum Gasteiger partial charge on any atom is 0.251 e. The number of carbonyl (C=O) groups excluding carboxylic acids is 2. The van der Waals surface area contributed by atoms with Crippen LogP contribution in [0.4, 0.5) is 17.2 Å². The Kier molecular flexibility index (Phi) is 5.84. The Morgan fingerprint density at radius 2 is 1.81 bits per heavy atom. The van der Waals surface area contributed by atoms with Crippen LogP contribution < -0.4 is 16.0 Å². The van der Waals surface area contributed by atoms with Crippen LogP contribution in [0.15, 0.2) is 42.6 Å². The molecule has 2 amide bonds. The molecule has 1 saturated carbocycles. The van der Waals surface area contributed by atoms with Gasteiger partial charge in [0.2, 0.25) is 5.91 Å². The summed E-state index contributed by atoms with van der Waals surface area (Å²) < 4.78 is 0. The fourth-order valence-corrected chi connectivity index (χ4v) is 3.18. The second-order valence-corrected chi connectivity index (χ2v) is 6.63. The Morgan fingerprint density at radius 3 is 2.58 bits per heavy atom. The molecule has 3 rings (SSSR count). The molecule has 6 nitrogen and oxygen atoms in total. The first kappa shape index (κ1) is 17.9. The van der Waals surface area contributed by atoms with E-state index in [-0.39, 0.29) is 17.9 Å². The number of hydrogen-bond acceptors (Lipinski definition) is 4. The number of carbonyl (C=O) groups is 2. The highest BCUT2D eigenvalue weighted by Gasteiger charge is 2.17. The van der Waals surface area contributed by atoms with Crippen LogP contribution >= 0.6 is 0 Å². The molecule has 6 heteroatoms. The minimum Gasteiger partial charge on any atom is -0.349 e. The van der Waals surface area contributed by atoms with Crippen LogP contribution in [-0.4, -0.2) is 22.8 Å². The predicted octanol–water partition coefficient (Wildman–Crippen LogP) is 3.85. The van der Waals surface area contributed by atoms with Gasteiger partial charge < -0.3 is 16.0 Å². The first-order chi connectivity index (χ1) is 12.6. The van der Waals surface area contributed by atoms with E-state index in [0.29, 0.717) is 17.1 Å². The van der Waals surface area contributed by atoms with Crippen LogP contribution in [-0.2, 0) is 4.79 Å². The lowest BCUT2D eigenvalue weighted by atomic mass is 9.95. The zero-order chi connectivity index (χ0) is 18.4. The van der Waals surface area contributed by atoms with Gasteiger partial charge >= 0.3 is 0 Å². The Morgan fingerprint density at radius 1 is 1.04 bits per heavy atom. The van der Waals surface area contributed by atoms with Gasteiger partial charge in [-0.2, -0.15) is 0 Å². The lowest BCUT2D eigenvalue weighted by Gasteiger charge is -2.22. The molecule has 0 atom stereocenters. The van der Waals surface area contributed by atoms with Crippen molar-refractivity contribution in [2.24, 2.45) is 0 Å². The lowest BCUT2D eigenvalue weighted by Crippen LogP contribution is -2.36. The lowest BCUT2D eigenvalue weighted by molar-refractivity contribution is -0.114. The van der Waals surface area contributed by atoms with Crippen molar-refractivity contribution in [3.05, 3.63) is 48.2 Å². The maximum absolute atomic E-state index is 12.5. The van der Waals surface area contributed by atoms with E-state index in [1.165, 1.54) is 26.2 Å². The summed E-state index contributed by atoms with van der Waals surface area (Å²) in [7, 11) is 0. The molecule has 0 radical (unpaired) electrons. The number of anilines is 3. The molecule has 0 unspecified atom stereocenters. The fraction of sp³-hybridized carbons (Fsp3) is 0.350. The molecule has 0 bridgehead atoms. The maximum atomic E-state index is 12.5. The van der Waals surface area contributed by atoms with Crippen molar-refractivity contribution in [3.8, 4) is 0 Å². The summed E-state index contributed by atoms with van der Waals surface area (Å²) in [6.45, 7) is 1.47. The molecular formula is C20H24N4O2. The number of amides is 2. The van der Waals surface area contributed by atoms with Gasteiger partial charge in [-0.1, -0.05) is 25.3 Å². The molecular weight excluding hydrogens is 328 g/mol.